The molecule has 1 saturated heterocycles. The molecule has 4 amide bonds. The van der Waals surface area contributed by atoms with Crippen molar-refractivity contribution < 1.29 is 19.2 Å². The van der Waals surface area contributed by atoms with E-state index in [-0.39, 0.29) is 36.7 Å². The summed E-state index contributed by atoms with van der Waals surface area (Å²) in [5.74, 6) is -0.819. The molecule has 1 fully saturated rings. The molecule has 0 radical (unpaired) electrons. The van der Waals surface area contributed by atoms with Crippen LogP contribution in [-0.2, 0) is 31.1 Å². The van der Waals surface area contributed by atoms with Gasteiger partial charge in [-0.05, 0) is 67.2 Å². The predicted octanol–water partition coefficient (Wildman–Crippen LogP) is 3.66. The van der Waals surface area contributed by atoms with Gasteiger partial charge >= 0.3 is 0 Å². The lowest BCUT2D eigenvalue weighted by Gasteiger charge is -2.39. The van der Waals surface area contributed by atoms with Crippen molar-refractivity contribution in [1.29, 1.82) is 0 Å². The Morgan fingerprint density at radius 1 is 0.976 bits per heavy atom. The number of nitrogens with one attached hydrogen (secondary N) is 2. The standard InChI is InChI=1S/C33H42N4O4/c1-25(2)18-22-37-23-29(38)35-33(19-10-14-27-13-6-7-15-28(27)33)32(41)34-20-8-9-21-36(24-31(37)40)30(39)17-16-26-11-4-3-5-12-26/h3-7,11-13,15-17,25H,8-10,14,18-24H2,1-2H3,(H,34,41)(H,35,38). The van der Waals surface area contributed by atoms with E-state index in [2.05, 4.69) is 24.5 Å². The van der Waals surface area contributed by atoms with Gasteiger partial charge < -0.3 is 20.4 Å². The highest BCUT2D eigenvalue weighted by molar-refractivity contribution is 5.96. The molecule has 2 aromatic carbocycles. The van der Waals surface area contributed by atoms with Crippen molar-refractivity contribution in [3.8, 4) is 0 Å². The normalized spacial score (nSPS) is 21.0. The first-order valence-corrected chi connectivity index (χ1v) is 14.8. The largest absolute Gasteiger partial charge is 0.354 e. The fraction of sp³-hybridized carbons (Fsp3) is 0.455. The van der Waals surface area contributed by atoms with E-state index in [1.807, 2.05) is 54.6 Å². The third kappa shape index (κ3) is 7.84. The molecular weight excluding hydrogens is 516 g/mol. The molecule has 1 atom stereocenters. The molecular formula is C33H42N4O4. The Kier molecular flexibility index (Phi) is 10.3. The summed E-state index contributed by atoms with van der Waals surface area (Å²) in [5.41, 5.74) is 1.60. The Bertz CT molecular complexity index is 1260. The molecule has 1 aliphatic heterocycles. The van der Waals surface area contributed by atoms with Gasteiger partial charge in [-0.15, -0.1) is 0 Å². The molecule has 4 rings (SSSR count). The Hall–Kier alpha value is -3.94. The van der Waals surface area contributed by atoms with Gasteiger partial charge in [-0.1, -0.05) is 68.4 Å². The monoisotopic (exact) mass is 558 g/mol. The van der Waals surface area contributed by atoms with Crippen LogP contribution >= 0.6 is 0 Å². The van der Waals surface area contributed by atoms with Crippen LogP contribution in [0, 0.1) is 5.92 Å². The van der Waals surface area contributed by atoms with Gasteiger partial charge in [0.1, 0.15) is 12.1 Å². The van der Waals surface area contributed by atoms with Gasteiger partial charge in [0.15, 0.2) is 0 Å². The zero-order chi connectivity index (χ0) is 29.2. The van der Waals surface area contributed by atoms with Gasteiger partial charge in [0, 0.05) is 25.7 Å². The van der Waals surface area contributed by atoms with Crippen LogP contribution in [0.25, 0.3) is 6.08 Å². The fourth-order valence-corrected chi connectivity index (χ4v) is 5.56. The first-order chi connectivity index (χ1) is 19.8. The summed E-state index contributed by atoms with van der Waals surface area (Å²) >= 11 is 0. The topological polar surface area (TPSA) is 98.8 Å². The quantitative estimate of drug-likeness (QED) is 0.548. The summed E-state index contributed by atoms with van der Waals surface area (Å²) in [6.07, 6.45) is 7.33. The Balaban J connectivity index is 1.59. The number of benzene rings is 2. The van der Waals surface area contributed by atoms with Gasteiger partial charge in [0.2, 0.25) is 23.6 Å². The summed E-state index contributed by atoms with van der Waals surface area (Å²) in [4.78, 5) is 57.2. The fourth-order valence-electron chi connectivity index (χ4n) is 5.56. The second-order valence-corrected chi connectivity index (χ2v) is 11.4. The maximum Gasteiger partial charge on any atom is 0.250 e. The van der Waals surface area contributed by atoms with Crippen molar-refractivity contribution in [2.45, 2.75) is 57.9 Å². The molecule has 2 aromatic rings. The highest BCUT2D eigenvalue weighted by Crippen LogP contribution is 2.36. The van der Waals surface area contributed by atoms with Crippen LogP contribution in [0.4, 0.5) is 0 Å². The molecule has 1 aliphatic carbocycles. The minimum absolute atomic E-state index is 0.107. The number of amides is 4. The highest BCUT2D eigenvalue weighted by Gasteiger charge is 2.44. The van der Waals surface area contributed by atoms with Crippen LogP contribution in [0.15, 0.2) is 60.7 Å². The van der Waals surface area contributed by atoms with Crippen LogP contribution in [0.5, 0.6) is 0 Å². The zero-order valence-corrected chi connectivity index (χ0v) is 24.2. The van der Waals surface area contributed by atoms with E-state index in [0.29, 0.717) is 44.8 Å². The first-order valence-electron chi connectivity index (χ1n) is 14.8. The van der Waals surface area contributed by atoms with Gasteiger partial charge in [-0.3, -0.25) is 19.2 Å². The van der Waals surface area contributed by atoms with Gasteiger partial charge in [-0.2, -0.15) is 0 Å². The maximum atomic E-state index is 13.7. The summed E-state index contributed by atoms with van der Waals surface area (Å²) in [6, 6.07) is 17.3. The molecule has 2 N–H and O–H groups in total. The van der Waals surface area contributed by atoms with Gasteiger partial charge in [0.25, 0.3) is 0 Å². The van der Waals surface area contributed by atoms with Crippen molar-refractivity contribution >= 4 is 29.7 Å². The second kappa shape index (κ2) is 14.1. The number of carbonyl (C=O) groups is 4. The molecule has 0 bridgehead atoms. The molecule has 1 spiro atoms. The average molecular weight is 559 g/mol. The molecule has 218 valence electrons. The number of fused-ring (bicyclic) bond motifs is 2. The van der Waals surface area contributed by atoms with Crippen LogP contribution in [0.1, 0.15) is 62.6 Å². The lowest BCUT2D eigenvalue weighted by Crippen LogP contribution is -2.60. The Morgan fingerprint density at radius 3 is 2.51 bits per heavy atom. The van der Waals surface area contributed by atoms with Crippen molar-refractivity contribution in [2.24, 2.45) is 5.92 Å². The maximum absolute atomic E-state index is 13.7. The molecule has 0 aromatic heterocycles. The lowest BCUT2D eigenvalue weighted by molar-refractivity contribution is -0.142. The SMILES string of the molecule is CC(C)CCN1CC(=O)NC2(CCCc3ccccc32)C(=O)NCCCCN(C(=O)C=Cc2ccccc2)CC1=O. The predicted molar refractivity (Wildman–Crippen MR) is 160 cm³/mol. The Morgan fingerprint density at radius 2 is 1.73 bits per heavy atom. The highest BCUT2D eigenvalue weighted by atomic mass is 16.2. The van der Waals surface area contributed by atoms with Crippen LogP contribution in [0.3, 0.4) is 0 Å². The summed E-state index contributed by atoms with van der Waals surface area (Å²) < 4.78 is 0. The van der Waals surface area contributed by atoms with E-state index in [9.17, 15) is 19.2 Å². The number of hydrogen-bond donors (Lipinski definition) is 2. The van der Waals surface area contributed by atoms with Crippen molar-refractivity contribution in [3.05, 3.63) is 77.4 Å². The van der Waals surface area contributed by atoms with E-state index in [1.165, 1.54) is 15.9 Å². The minimum Gasteiger partial charge on any atom is -0.354 e. The van der Waals surface area contributed by atoms with Crippen LogP contribution in [-0.4, -0.2) is 66.2 Å². The van der Waals surface area contributed by atoms with Crippen LogP contribution in [0.2, 0.25) is 0 Å². The molecule has 2 aliphatic rings. The second-order valence-electron chi connectivity index (χ2n) is 11.4. The van der Waals surface area contributed by atoms with Crippen molar-refractivity contribution in [3.63, 3.8) is 0 Å². The minimum atomic E-state index is -1.17. The van der Waals surface area contributed by atoms with Crippen LogP contribution < -0.4 is 10.6 Å². The lowest BCUT2D eigenvalue weighted by atomic mass is 9.75. The number of carbonyl (C=O) groups excluding carboxylic acids is 4. The number of nitrogens with zero attached hydrogens (tertiary/aromatic N) is 2. The smallest absolute Gasteiger partial charge is 0.250 e. The molecule has 0 saturated carbocycles. The van der Waals surface area contributed by atoms with E-state index >= 15 is 0 Å². The van der Waals surface area contributed by atoms with Gasteiger partial charge in [-0.25, -0.2) is 0 Å². The number of rotatable bonds is 5. The number of hydrogen-bond acceptors (Lipinski definition) is 4. The van der Waals surface area contributed by atoms with E-state index < -0.39 is 5.54 Å². The molecule has 1 heterocycles. The molecule has 8 nitrogen and oxygen atoms in total. The summed E-state index contributed by atoms with van der Waals surface area (Å²) in [6.45, 7) is 5.02. The van der Waals surface area contributed by atoms with E-state index in [4.69, 9.17) is 0 Å². The van der Waals surface area contributed by atoms with E-state index in [1.54, 1.807) is 6.08 Å². The Labute approximate surface area is 243 Å². The molecule has 1 unspecified atom stereocenters. The number of aryl methyl sites for hydroxylation is 1. The first kappa shape index (κ1) is 30.0. The summed E-state index contributed by atoms with van der Waals surface area (Å²) in [7, 11) is 0. The van der Waals surface area contributed by atoms with Crippen molar-refractivity contribution in [1.82, 2.24) is 20.4 Å². The average Bonchev–Trinajstić information content (AvgIpc) is 2.97. The third-order valence-electron chi connectivity index (χ3n) is 7.88. The zero-order valence-electron chi connectivity index (χ0n) is 24.2. The summed E-state index contributed by atoms with van der Waals surface area (Å²) in [5, 5.41) is 6.12. The third-order valence-corrected chi connectivity index (χ3v) is 7.88. The molecule has 8 heteroatoms. The van der Waals surface area contributed by atoms with Gasteiger partial charge in [0.05, 0.1) is 6.54 Å². The molecule has 41 heavy (non-hydrogen) atoms. The van der Waals surface area contributed by atoms with E-state index in [0.717, 1.165) is 36.0 Å². The van der Waals surface area contributed by atoms with Crippen molar-refractivity contribution in [2.75, 3.05) is 32.7 Å².